The first kappa shape index (κ1) is 12.8. The van der Waals surface area contributed by atoms with Crippen LogP contribution in [0.15, 0.2) is 18.3 Å². The van der Waals surface area contributed by atoms with Crippen LogP contribution in [0.1, 0.15) is 18.5 Å². The average molecular weight is 249 g/mol. The van der Waals surface area contributed by atoms with Gasteiger partial charge in [0.05, 0.1) is 5.69 Å². The van der Waals surface area contributed by atoms with E-state index in [0.29, 0.717) is 12.3 Å². The van der Waals surface area contributed by atoms with E-state index < -0.39 is 0 Å². The molecule has 0 unspecified atom stereocenters. The lowest BCUT2D eigenvalue weighted by Gasteiger charge is -2.17. The van der Waals surface area contributed by atoms with Crippen LogP contribution < -0.4 is 4.74 Å². The highest BCUT2D eigenvalue weighted by Gasteiger charge is 2.20. The summed E-state index contributed by atoms with van der Waals surface area (Å²) in [7, 11) is 3.92. The third-order valence-corrected chi connectivity index (χ3v) is 2.88. The highest BCUT2D eigenvalue weighted by atomic mass is 16.6. The van der Waals surface area contributed by atoms with Crippen molar-refractivity contribution in [3.8, 4) is 5.75 Å². The Bertz CT molecular complexity index is 414. The van der Waals surface area contributed by atoms with Gasteiger partial charge >= 0.3 is 6.09 Å². The second kappa shape index (κ2) is 5.82. The molecule has 5 nitrogen and oxygen atoms in total. The zero-order valence-corrected chi connectivity index (χ0v) is 10.9. The van der Waals surface area contributed by atoms with E-state index in [1.165, 1.54) is 0 Å². The van der Waals surface area contributed by atoms with Crippen LogP contribution in [-0.2, 0) is 6.54 Å². The first-order valence-electron chi connectivity index (χ1n) is 6.22. The van der Waals surface area contributed by atoms with E-state index in [9.17, 15) is 4.79 Å². The summed E-state index contributed by atoms with van der Waals surface area (Å²) in [5.41, 5.74) is 0.787. The van der Waals surface area contributed by atoms with Gasteiger partial charge in [-0.05, 0) is 39.1 Å². The SMILES string of the molecule is CN(C)Cc1ncccc1OC(=O)N1CCCC1. The molecular formula is C13H19N3O2. The number of carbonyl (C=O) groups is 1. The smallest absolute Gasteiger partial charge is 0.408 e. The summed E-state index contributed by atoms with van der Waals surface area (Å²) in [4.78, 5) is 19.9. The summed E-state index contributed by atoms with van der Waals surface area (Å²) < 4.78 is 5.43. The molecule has 0 aromatic carbocycles. The van der Waals surface area contributed by atoms with E-state index in [2.05, 4.69) is 4.98 Å². The van der Waals surface area contributed by atoms with Gasteiger partial charge in [-0.15, -0.1) is 0 Å². The van der Waals surface area contributed by atoms with Crippen molar-refractivity contribution in [3.63, 3.8) is 0 Å². The molecule has 0 aliphatic carbocycles. The molecule has 1 fully saturated rings. The Balaban J connectivity index is 2.05. The van der Waals surface area contributed by atoms with E-state index in [0.717, 1.165) is 31.6 Å². The summed E-state index contributed by atoms with van der Waals surface area (Å²) in [6, 6.07) is 3.57. The molecule has 2 heterocycles. The van der Waals surface area contributed by atoms with Crippen molar-refractivity contribution in [1.82, 2.24) is 14.8 Å². The monoisotopic (exact) mass is 249 g/mol. The Morgan fingerprint density at radius 2 is 2.17 bits per heavy atom. The predicted octanol–water partition coefficient (Wildman–Crippen LogP) is 1.74. The molecule has 0 spiro atoms. The van der Waals surface area contributed by atoms with Gasteiger partial charge in [-0.2, -0.15) is 0 Å². The van der Waals surface area contributed by atoms with Crippen molar-refractivity contribution in [2.24, 2.45) is 0 Å². The van der Waals surface area contributed by atoms with Gasteiger partial charge in [-0.3, -0.25) is 4.98 Å². The van der Waals surface area contributed by atoms with Crippen molar-refractivity contribution in [1.29, 1.82) is 0 Å². The maximum atomic E-state index is 11.9. The topological polar surface area (TPSA) is 45.7 Å². The lowest BCUT2D eigenvalue weighted by molar-refractivity contribution is 0.161. The third kappa shape index (κ3) is 3.20. The van der Waals surface area contributed by atoms with Crippen LogP contribution in [0.2, 0.25) is 0 Å². The number of rotatable bonds is 3. The Morgan fingerprint density at radius 1 is 1.44 bits per heavy atom. The number of pyridine rings is 1. The van der Waals surface area contributed by atoms with Crippen LogP contribution >= 0.6 is 0 Å². The number of likely N-dealkylation sites (tertiary alicyclic amines) is 1. The fraction of sp³-hybridized carbons (Fsp3) is 0.538. The average Bonchev–Trinajstić information content (AvgIpc) is 2.84. The molecule has 2 rings (SSSR count). The van der Waals surface area contributed by atoms with Crippen LogP contribution in [-0.4, -0.2) is 48.1 Å². The maximum Gasteiger partial charge on any atom is 0.415 e. The molecule has 1 aromatic rings. The molecule has 0 N–H and O–H groups in total. The number of amides is 1. The fourth-order valence-electron chi connectivity index (χ4n) is 1.99. The van der Waals surface area contributed by atoms with E-state index in [-0.39, 0.29) is 6.09 Å². The van der Waals surface area contributed by atoms with Crippen molar-refractivity contribution < 1.29 is 9.53 Å². The van der Waals surface area contributed by atoms with Gasteiger partial charge in [0.25, 0.3) is 0 Å². The zero-order chi connectivity index (χ0) is 13.0. The summed E-state index contributed by atoms with van der Waals surface area (Å²) in [5, 5.41) is 0. The molecule has 1 aliphatic rings. The van der Waals surface area contributed by atoms with Gasteiger partial charge in [-0.1, -0.05) is 0 Å². The van der Waals surface area contributed by atoms with Crippen LogP contribution in [0.3, 0.4) is 0 Å². The van der Waals surface area contributed by atoms with Crippen molar-refractivity contribution in [2.45, 2.75) is 19.4 Å². The molecule has 1 saturated heterocycles. The number of nitrogens with zero attached hydrogens (tertiary/aromatic N) is 3. The van der Waals surface area contributed by atoms with E-state index in [1.54, 1.807) is 23.2 Å². The molecule has 1 amide bonds. The summed E-state index contributed by atoms with van der Waals surface area (Å²) in [6.45, 7) is 2.24. The second-order valence-electron chi connectivity index (χ2n) is 4.75. The molecule has 1 aliphatic heterocycles. The fourth-order valence-corrected chi connectivity index (χ4v) is 1.99. The molecule has 0 saturated carbocycles. The van der Waals surface area contributed by atoms with Gasteiger partial charge in [-0.25, -0.2) is 4.79 Å². The van der Waals surface area contributed by atoms with E-state index in [4.69, 9.17) is 4.74 Å². The first-order chi connectivity index (χ1) is 8.66. The molecule has 0 bridgehead atoms. The molecule has 0 atom stereocenters. The van der Waals surface area contributed by atoms with Crippen LogP contribution in [0.25, 0.3) is 0 Å². The number of hydrogen-bond acceptors (Lipinski definition) is 4. The number of hydrogen-bond donors (Lipinski definition) is 0. The standard InChI is InChI=1S/C13H19N3O2/c1-15(2)10-11-12(6-5-7-14-11)18-13(17)16-8-3-4-9-16/h5-7H,3-4,8-10H2,1-2H3. The van der Waals surface area contributed by atoms with Crippen LogP contribution in [0.4, 0.5) is 4.79 Å². The predicted molar refractivity (Wildman–Crippen MR) is 68.5 cm³/mol. The first-order valence-corrected chi connectivity index (χ1v) is 6.22. The van der Waals surface area contributed by atoms with Crippen molar-refractivity contribution >= 4 is 6.09 Å². The largest absolute Gasteiger partial charge is 0.415 e. The number of carbonyl (C=O) groups excluding carboxylic acids is 1. The second-order valence-corrected chi connectivity index (χ2v) is 4.75. The Labute approximate surface area is 107 Å². The normalized spacial score (nSPS) is 15.2. The van der Waals surface area contributed by atoms with Gasteiger partial charge < -0.3 is 14.5 Å². The minimum Gasteiger partial charge on any atom is -0.408 e. The van der Waals surface area contributed by atoms with Crippen LogP contribution in [0.5, 0.6) is 5.75 Å². The van der Waals surface area contributed by atoms with Gasteiger partial charge in [0.2, 0.25) is 0 Å². The Hall–Kier alpha value is -1.62. The Kier molecular flexibility index (Phi) is 4.15. The summed E-state index contributed by atoms with van der Waals surface area (Å²) in [6.07, 6.45) is 3.58. The summed E-state index contributed by atoms with van der Waals surface area (Å²) >= 11 is 0. The summed E-state index contributed by atoms with van der Waals surface area (Å²) in [5.74, 6) is 0.558. The third-order valence-electron chi connectivity index (χ3n) is 2.88. The lowest BCUT2D eigenvalue weighted by atomic mass is 10.3. The lowest BCUT2D eigenvalue weighted by Crippen LogP contribution is -2.31. The van der Waals surface area contributed by atoms with Crippen LogP contribution in [0, 0.1) is 0 Å². The van der Waals surface area contributed by atoms with Crippen molar-refractivity contribution in [3.05, 3.63) is 24.0 Å². The quantitative estimate of drug-likeness (QED) is 0.818. The van der Waals surface area contributed by atoms with E-state index >= 15 is 0 Å². The highest BCUT2D eigenvalue weighted by Crippen LogP contribution is 2.18. The van der Waals surface area contributed by atoms with Crippen molar-refractivity contribution in [2.75, 3.05) is 27.2 Å². The Morgan fingerprint density at radius 3 is 2.83 bits per heavy atom. The highest BCUT2D eigenvalue weighted by molar-refractivity contribution is 5.71. The molecule has 5 heteroatoms. The maximum absolute atomic E-state index is 11.9. The van der Waals surface area contributed by atoms with Gasteiger partial charge in [0.15, 0.2) is 5.75 Å². The molecule has 1 aromatic heterocycles. The zero-order valence-electron chi connectivity index (χ0n) is 10.9. The van der Waals surface area contributed by atoms with Gasteiger partial charge in [0, 0.05) is 25.8 Å². The molecule has 0 radical (unpaired) electrons. The molecule has 18 heavy (non-hydrogen) atoms. The molecule has 98 valence electrons. The molecular weight excluding hydrogens is 230 g/mol. The minimum absolute atomic E-state index is 0.263. The van der Waals surface area contributed by atoms with Gasteiger partial charge in [0.1, 0.15) is 0 Å². The van der Waals surface area contributed by atoms with E-state index in [1.807, 2.05) is 19.0 Å². The minimum atomic E-state index is -0.263. The number of ether oxygens (including phenoxy) is 1. The number of aromatic nitrogens is 1.